The molecular formula is C19H37N5O. The van der Waals surface area contributed by atoms with Gasteiger partial charge in [-0.25, -0.2) is 0 Å². The standard InChI is InChI=1S/C19H37N5O/c1-4-20-19(21-12-8-13-23(2)3)22-17-11-14-24(15-17)18(25)16-9-6-5-7-10-16/h16-17H,4-15H2,1-3H3,(H2,20,21,22). The van der Waals surface area contributed by atoms with Gasteiger partial charge >= 0.3 is 0 Å². The van der Waals surface area contributed by atoms with Crippen molar-refractivity contribution in [1.29, 1.82) is 0 Å². The molecule has 2 fully saturated rings. The highest BCUT2D eigenvalue weighted by Gasteiger charge is 2.31. The van der Waals surface area contributed by atoms with Crippen LogP contribution in [0.4, 0.5) is 0 Å². The summed E-state index contributed by atoms with van der Waals surface area (Å²) in [5.41, 5.74) is 0. The van der Waals surface area contributed by atoms with E-state index < -0.39 is 0 Å². The molecule has 1 saturated carbocycles. The summed E-state index contributed by atoms with van der Waals surface area (Å²) in [7, 11) is 4.17. The summed E-state index contributed by atoms with van der Waals surface area (Å²) < 4.78 is 0. The van der Waals surface area contributed by atoms with Gasteiger partial charge in [0.15, 0.2) is 5.96 Å². The van der Waals surface area contributed by atoms with Crippen LogP contribution in [0.3, 0.4) is 0 Å². The molecule has 2 N–H and O–H groups in total. The van der Waals surface area contributed by atoms with Gasteiger partial charge in [0.1, 0.15) is 0 Å². The summed E-state index contributed by atoms with van der Waals surface area (Å²) in [5, 5.41) is 6.85. The molecule has 2 rings (SSSR count). The minimum atomic E-state index is 0.278. The first-order chi connectivity index (χ1) is 12.1. The SMILES string of the molecule is CCNC(=NCCCN(C)C)NC1CCN(C(=O)C2CCCCC2)C1. The summed E-state index contributed by atoms with van der Waals surface area (Å²) in [4.78, 5) is 21.6. The monoisotopic (exact) mass is 351 g/mol. The molecule has 1 aliphatic heterocycles. The Morgan fingerprint density at radius 3 is 2.64 bits per heavy atom. The predicted molar refractivity (Wildman–Crippen MR) is 104 cm³/mol. The second kappa shape index (κ2) is 10.6. The number of hydrogen-bond donors (Lipinski definition) is 2. The zero-order valence-corrected chi connectivity index (χ0v) is 16.4. The van der Waals surface area contributed by atoms with Gasteiger partial charge in [-0.2, -0.15) is 0 Å². The normalized spacial score (nSPS) is 22.5. The first-order valence-electron chi connectivity index (χ1n) is 10.1. The highest BCUT2D eigenvalue weighted by Crippen LogP contribution is 2.26. The van der Waals surface area contributed by atoms with Crippen LogP contribution in [0.1, 0.15) is 51.9 Å². The van der Waals surface area contributed by atoms with Crippen LogP contribution in [-0.4, -0.2) is 74.5 Å². The Labute approximate surface area is 153 Å². The Bertz CT molecular complexity index is 432. The summed E-state index contributed by atoms with van der Waals surface area (Å²) in [6.07, 6.45) is 7.98. The third-order valence-electron chi connectivity index (χ3n) is 5.17. The summed E-state index contributed by atoms with van der Waals surface area (Å²) >= 11 is 0. The largest absolute Gasteiger partial charge is 0.357 e. The molecule has 0 bridgehead atoms. The molecule has 6 heteroatoms. The molecule has 0 spiro atoms. The van der Waals surface area contributed by atoms with E-state index in [1.807, 2.05) is 0 Å². The Balaban J connectivity index is 1.78. The van der Waals surface area contributed by atoms with Crippen molar-refractivity contribution in [3.8, 4) is 0 Å². The van der Waals surface area contributed by atoms with E-state index in [4.69, 9.17) is 0 Å². The van der Waals surface area contributed by atoms with Crippen LogP contribution in [0.5, 0.6) is 0 Å². The molecule has 1 heterocycles. The fraction of sp³-hybridized carbons (Fsp3) is 0.895. The lowest BCUT2D eigenvalue weighted by Crippen LogP contribution is -2.45. The number of amides is 1. The summed E-state index contributed by atoms with van der Waals surface area (Å²) in [5.74, 6) is 1.55. The molecule has 25 heavy (non-hydrogen) atoms. The minimum Gasteiger partial charge on any atom is -0.357 e. The van der Waals surface area contributed by atoms with Crippen molar-refractivity contribution in [1.82, 2.24) is 20.4 Å². The van der Waals surface area contributed by atoms with Crippen LogP contribution in [0, 0.1) is 5.92 Å². The third kappa shape index (κ3) is 6.84. The molecule has 1 atom stereocenters. The van der Waals surface area contributed by atoms with Crippen LogP contribution >= 0.6 is 0 Å². The molecule has 1 saturated heterocycles. The van der Waals surface area contributed by atoms with Crippen LogP contribution in [0.25, 0.3) is 0 Å². The van der Waals surface area contributed by atoms with Crippen molar-refractivity contribution < 1.29 is 4.79 Å². The molecule has 1 unspecified atom stereocenters. The van der Waals surface area contributed by atoms with Crippen LogP contribution in [-0.2, 0) is 4.79 Å². The number of nitrogens with one attached hydrogen (secondary N) is 2. The lowest BCUT2D eigenvalue weighted by Gasteiger charge is -2.26. The van der Waals surface area contributed by atoms with Crippen LogP contribution < -0.4 is 10.6 Å². The number of likely N-dealkylation sites (tertiary alicyclic amines) is 1. The van der Waals surface area contributed by atoms with Gasteiger partial charge in [0.2, 0.25) is 5.91 Å². The minimum absolute atomic E-state index is 0.278. The van der Waals surface area contributed by atoms with E-state index in [0.29, 0.717) is 11.9 Å². The quantitative estimate of drug-likeness (QED) is 0.416. The first kappa shape index (κ1) is 20.0. The smallest absolute Gasteiger partial charge is 0.225 e. The maximum absolute atomic E-state index is 12.7. The van der Waals surface area contributed by atoms with Gasteiger partial charge in [0, 0.05) is 38.1 Å². The van der Waals surface area contributed by atoms with Crippen molar-refractivity contribution in [2.75, 3.05) is 46.8 Å². The highest BCUT2D eigenvalue weighted by atomic mass is 16.2. The van der Waals surface area contributed by atoms with E-state index in [0.717, 1.165) is 64.4 Å². The molecule has 1 aliphatic carbocycles. The van der Waals surface area contributed by atoms with E-state index in [9.17, 15) is 4.79 Å². The van der Waals surface area contributed by atoms with Gasteiger partial charge in [-0.1, -0.05) is 19.3 Å². The molecule has 2 aliphatic rings. The van der Waals surface area contributed by atoms with Gasteiger partial charge in [0.05, 0.1) is 0 Å². The topological polar surface area (TPSA) is 60.0 Å². The van der Waals surface area contributed by atoms with Crippen LogP contribution in [0.15, 0.2) is 4.99 Å². The Hall–Kier alpha value is -1.30. The molecule has 0 aromatic heterocycles. The Morgan fingerprint density at radius 1 is 1.20 bits per heavy atom. The first-order valence-corrected chi connectivity index (χ1v) is 10.1. The lowest BCUT2D eigenvalue weighted by atomic mass is 9.88. The number of carbonyl (C=O) groups excluding carboxylic acids is 1. The number of aliphatic imine (C=N–C) groups is 1. The van der Waals surface area contributed by atoms with Gasteiger partial charge in [-0.3, -0.25) is 9.79 Å². The van der Waals surface area contributed by atoms with E-state index in [1.165, 1.54) is 19.3 Å². The number of carbonyl (C=O) groups is 1. The van der Waals surface area contributed by atoms with Gasteiger partial charge in [-0.15, -0.1) is 0 Å². The number of rotatable bonds is 7. The van der Waals surface area contributed by atoms with E-state index >= 15 is 0 Å². The van der Waals surface area contributed by atoms with E-state index in [1.54, 1.807) is 0 Å². The zero-order valence-electron chi connectivity index (χ0n) is 16.4. The maximum atomic E-state index is 12.7. The molecular weight excluding hydrogens is 314 g/mol. The van der Waals surface area contributed by atoms with Crippen molar-refractivity contribution >= 4 is 11.9 Å². The van der Waals surface area contributed by atoms with Gasteiger partial charge in [-0.05, 0) is 53.2 Å². The number of guanidine groups is 1. The predicted octanol–water partition coefficient (Wildman–Crippen LogP) is 1.67. The van der Waals surface area contributed by atoms with Gasteiger partial charge < -0.3 is 20.4 Å². The fourth-order valence-corrected chi connectivity index (χ4v) is 3.78. The lowest BCUT2D eigenvalue weighted by molar-refractivity contribution is -0.135. The van der Waals surface area contributed by atoms with Crippen molar-refractivity contribution in [3.63, 3.8) is 0 Å². The molecule has 0 aromatic carbocycles. The van der Waals surface area contributed by atoms with Gasteiger partial charge in [0.25, 0.3) is 0 Å². The van der Waals surface area contributed by atoms with Crippen molar-refractivity contribution in [2.45, 2.75) is 57.9 Å². The molecule has 6 nitrogen and oxygen atoms in total. The average molecular weight is 352 g/mol. The second-order valence-corrected chi connectivity index (χ2v) is 7.67. The van der Waals surface area contributed by atoms with Crippen molar-refractivity contribution in [2.24, 2.45) is 10.9 Å². The third-order valence-corrected chi connectivity index (χ3v) is 5.17. The van der Waals surface area contributed by atoms with Crippen LogP contribution in [0.2, 0.25) is 0 Å². The molecule has 1 amide bonds. The summed E-state index contributed by atoms with van der Waals surface area (Å²) in [6, 6.07) is 0.319. The zero-order chi connectivity index (χ0) is 18.1. The summed E-state index contributed by atoms with van der Waals surface area (Å²) in [6.45, 7) is 6.52. The number of hydrogen-bond acceptors (Lipinski definition) is 3. The molecule has 0 aromatic rings. The van der Waals surface area contributed by atoms with E-state index in [-0.39, 0.29) is 5.92 Å². The maximum Gasteiger partial charge on any atom is 0.225 e. The second-order valence-electron chi connectivity index (χ2n) is 7.67. The molecule has 0 radical (unpaired) electrons. The highest BCUT2D eigenvalue weighted by molar-refractivity contribution is 5.81. The average Bonchev–Trinajstić information content (AvgIpc) is 3.07. The Kier molecular flexibility index (Phi) is 8.52. The number of nitrogens with zero attached hydrogens (tertiary/aromatic N) is 3. The van der Waals surface area contributed by atoms with E-state index in [2.05, 4.69) is 46.4 Å². The fourth-order valence-electron chi connectivity index (χ4n) is 3.78. The molecule has 144 valence electrons. The van der Waals surface area contributed by atoms with Crippen molar-refractivity contribution in [3.05, 3.63) is 0 Å². The Morgan fingerprint density at radius 2 is 1.96 bits per heavy atom.